The van der Waals surface area contributed by atoms with E-state index in [2.05, 4.69) is 19.2 Å². The summed E-state index contributed by atoms with van der Waals surface area (Å²) < 4.78 is 5.43. The van der Waals surface area contributed by atoms with Crippen LogP contribution in [0.15, 0.2) is 0 Å². The van der Waals surface area contributed by atoms with Gasteiger partial charge in [0.2, 0.25) is 5.91 Å². The van der Waals surface area contributed by atoms with Crippen molar-refractivity contribution in [3.05, 3.63) is 0 Å². The number of hydrogen-bond donors (Lipinski definition) is 1. The standard InChI is InChI=1S/C13H24N2O2/c1-4-14-12-8-17-7-11(12)13(16)15(3)6-10-5-9(10)2/h9-12,14H,4-8H2,1-3H3. The normalized spacial score (nSPS) is 35.9. The van der Waals surface area contributed by atoms with E-state index in [1.54, 1.807) is 0 Å². The molecule has 1 amide bonds. The molecule has 2 rings (SSSR count). The second-order valence-electron chi connectivity index (χ2n) is 5.50. The van der Waals surface area contributed by atoms with Gasteiger partial charge in [0.15, 0.2) is 0 Å². The highest BCUT2D eigenvalue weighted by Crippen LogP contribution is 2.38. The number of hydrogen-bond acceptors (Lipinski definition) is 3. The van der Waals surface area contributed by atoms with Crippen molar-refractivity contribution in [1.29, 1.82) is 0 Å². The first-order chi connectivity index (χ1) is 8.13. The summed E-state index contributed by atoms with van der Waals surface area (Å²) in [6, 6.07) is 0.201. The van der Waals surface area contributed by atoms with Crippen molar-refractivity contribution in [3.63, 3.8) is 0 Å². The molecule has 0 radical (unpaired) electrons. The van der Waals surface area contributed by atoms with E-state index in [0.29, 0.717) is 13.2 Å². The maximum Gasteiger partial charge on any atom is 0.229 e. The van der Waals surface area contributed by atoms with E-state index in [1.165, 1.54) is 6.42 Å². The number of likely N-dealkylation sites (N-methyl/N-ethyl adjacent to an activating group) is 1. The third kappa shape index (κ3) is 2.99. The van der Waals surface area contributed by atoms with Gasteiger partial charge in [-0.25, -0.2) is 0 Å². The molecule has 4 unspecified atom stereocenters. The maximum atomic E-state index is 12.3. The number of amides is 1. The minimum Gasteiger partial charge on any atom is -0.379 e. The van der Waals surface area contributed by atoms with Crippen LogP contribution in [0.25, 0.3) is 0 Å². The van der Waals surface area contributed by atoms with Crippen molar-refractivity contribution in [2.75, 3.05) is 33.4 Å². The first-order valence-electron chi connectivity index (χ1n) is 6.69. The summed E-state index contributed by atoms with van der Waals surface area (Å²) in [6.07, 6.45) is 1.27. The van der Waals surface area contributed by atoms with E-state index in [-0.39, 0.29) is 17.9 Å². The van der Waals surface area contributed by atoms with Crippen LogP contribution >= 0.6 is 0 Å². The highest BCUT2D eigenvalue weighted by Gasteiger charge is 2.38. The van der Waals surface area contributed by atoms with Crippen LogP contribution in [0.2, 0.25) is 0 Å². The van der Waals surface area contributed by atoms with Gasteiger partial charge in [-0.3, -0.25) is 4.79 Å². The smallest absolute Gasteiger partial charge is 0.229 e. The van der Waals surface area contributed by atoms with Crippen LogP contribution < -0.4 is 5.32 Å². The molecule has 1 aliphatic carbocycles. The monoisotopic (exact) mass is 240 g/mol. The summed E-state index contributed by atoms with van der Waals surface area (Å²) in [7, 11) is 1.93. The Morgan fingerprint density at radius 2 is 2.18 bits per heavy atom. The highest BCUT2D eigenvalue weighted by atomic mass is 16.5. The van der Waals surface area contributed by atoms with Gasteiger partial charge in [0.25, 0.3) is 0 Å². The zero-order valence-corrected chi connectivity index (χ0v) is 11.1. The molecule has 2 aliphatic rings. The average molecular weight is 240 g/mol. The Morgan fingerprint density at radius 3 is 2.76 bits per heavy atom. The molecule has 2 fully saturated rings. The van der Waals surface area contributed by atoms with Crippen LogP contribution in [0.4, 0.5) is 0 Å². The summed E-state index contributed by atoms with van der Waals surface area (Å²) in [5, 5.41) is 3.34. The fourth-order valence-corrected chi connectivity index (χ4v) is 2.64. The van der Waals surface area contributed by atoms with Crippen molar-refractivity contribution in [2.24, 2.45) is 17.8 Å². The summed E-state index contributed by atoms with van der Waals surface area (Å²) >= 11 is 0. The van der Waals surface area contributed by atoms with E-state index in [4.69, 9.17) is 4.74 Å². The van der Waals surface area contributed by atoms with Gasteiger partial charge in [-0.15, -0.1) is 0 Å². The summed E-state index contributed by atoms with van der Waals surface area (Å²) in [6.45, 7) is 7.36. The Hall–Kier alpha value is -0.610. The molecule has 1 saturated carbocycles. The Balaban J connectivity index is 1.84. The zero-order valence-electron chi connectivity index (χ0n) is 11.1. The van der Waals surface area contributed by atoms with Crippen LogP contribution in [-0.2, 0) is 9.53 Å². The van der Waals surface area contributed by atoms with E-state index < -0.39 is 0 Å². The average Bonchev–Trinajstić information content (AvgIpc) is 2.80. The molecule has 1 heterocycles. The van der Waals surface area contributed by atoms with Crippen molar-refractivity contribution in [1.82, 2.24) is 10.2 Å². The van der Waals surface area contributed by atoms with Crippen molar-refractivity contribution >= 4 is 5.91 Å². The van der Waals surface area contributed by atoms with Crippen molar-refractivity contribution in [2.45, 2.75) is 26.3 Å². The number of nitrogens with zero attached hydrogens (tertiary/aromatic N) is 1. The maximum absolute atomic E-state index is 12.3. The second-order valence-corrected chi connectivity index (χ2v) is 5.50. The van der Waals surface area contributed by atoms with E-state index in [0.717, 1.165) is 24.9 Å². The van der Waals surface area contributed by atoms with Gasteiger partial charge < -0.3 is 15.0 Å². The van der Waals surface area contributed by atoms with E-state index >= 15 is 0 Å². The third-order valence-corrected chi connectivity index (χ3v) is 4.02. The number of ether oxygens (including phenoxy) is 1. The Labute approximate surface area is 104 Å². The Morgan fingerprint density at radius 1 is 1.47 bits per heavy atom. The molecule has 0 spiro atoms. The minimum absolute atomic E-state index is 0.00834. The predicted octanol–water partition coefficient (Wildman–Crippen LogP) is 0.725. The molecule has 0 aromatic rings. The lowest BCUT2D eigenvalue weighted by Crippen LogP contribution is -2.45. The van der Waals surface area contributed by atoms with Gasteiger partial charge in [-0.2, -0.15) is 0 Å². The lowest BCUT2D eigenvalue weighted by atomic mass is 10.0. The SMILES string of the molecule is CCNC1COCC1C(=O)N(C)CC1CC1C. The molecular weight excluding hydrogens is 216 g/mol. The van der Waals surface area contributed by atoms with Gasteiger partial charge in [0.1, 0.15) is 0 Å². The Bertz CT molecular complexity index is 283. The van der Waals surface area contributed by atoms with Gasteiger partial charge in [-0.05, 0) is 24.8 Å². The predicted molar refractivity (Wildman–Crippen MR) is 66.7 cm³/mol. The molecule has 4 nitrogen and oxygen atoms in total. The molecule has 1 saturated heterocycles. The highest BCUT2D eigenvalue weighted by molar-refractivity contribution is 5.79. The van der Waals surface area contributed by atoms with E-state index in [1.807, 2.05) is 11.9 Å². The van der Waals surface area contributed by atoms with Crippen LogP contribution in [-0.4, -0.2) is 50.2 Å². The zero-order chi connectivity index (χ0) is 12.4. The Kier molecular flexibility index (Phi) is 4.05. The molecule has 98 valence electrons. The van der Waals surface area contributed by atoms with Crippen LogP contribution in [0.1, 0.15) is 20.3 Å². The molecule has 0 bridgehead atoms. The molecule has 1 aliphatic heterocycles. The first-order valence-corrected chi connectivity index (χ1v) is 6.69. The van der Waals surface area contributed by atoms with Gasteiger partial charge in [-0.1, -0.05) is 13.8 Å². The van der Waals surface area contributed by atoms with Crippen LogP contribution in [0, 0.1) is 17.8 Å². The minimum atomic E-state index is 0.00834. The largest absolute Gasteiger partial charge is 0.379 e. The van der Waals surface area contributed by atoms with Crippen LogP contribution in [0.3, 0.4) is 0 Å². The van der Waals surface area contributed by atoms with Crippen molar-refractivity contribution < 1.29 is 9.53 Å². The topological polar surface area (TPSA) is 41.6 Å². The quantitative estimate of drug-likeness (QED) is 0.770. The number of carbonyl (C=O) groups is 1. The van der Waals surface area contributed by atoms with Crippen LogP contribution in [0.5, 0.6) is 0 Å². The van der Waals surface area contributed by atoms with E-state index in [9.17, 15) is 4.79 Å². The van der Waals surface area contributed by atoms with Gasteiger partial charge in [0, 0.05) is 19.6 Å². The molecule has 1 N–H and O–H groups in total. The summed E-state index contributed by atoms with van der Waals surface area (Å²) in [4.78, 5) is 14.2. The summed E-state index contributed by atoms with van der Waals surface area (Å²) in [5.41, 5.74) is 0. The van der Waals surface area contributed by atoms with Gasteiger partial charge >= 0.3 is 0 Å². The van der Waals surface area contributed by atoms with Gasteiger partial charge in [0.05, 0.1) is 19.1 Å². The lowest BCUT2D eigenvalue weighted by molar-refractivity contribution is -0.134. The number of carbonyl (C=O) groups excluding carboxylic acids is 1. The third-order valence-electron chi connectivity index (χ3n) is 4.02. The molecule has 4 heteroatoms. The summed E-state index contributed by atoms with van der Waals surface area (Å²) in [5.74, 6) is 1.78. The fraction of sp³-hybridized carbons (Fsp3) is 0.923. The molecule has 4 atom stereocenters. The molecular formula is C13H24N2O2. The lowest BCUT2D eigenvalue weighted by Gasteiger charge is -2.24. The molecule has 0 aromatic carbocycles. The second kappa shape index (κ2) is 5.36. The fourth-order valence-electron chi connectivity index (χ4n) is 2.64. The number of nitrogens with one attached hydrogen (secondary N) is 1. The van der Waals surface area contributed by atoms with Crippen molar-refractivity contribution in [3.8, 4) is 0 Å². The molecule has 17 heavy (non-hydrogen) atoms. The first kappa shape index (κ1) is 12.8. The number of rotatable bonds is 5. The molecule has 0 aromatic heterocycles.